The molecule has 0 atom stereocenters. The number of anilines is 1. The predicted octanol–water partition coefficient (Wildman–Crippen LogP) is 5.38. The first-order valence-corrected chi connectivity index (χ1v) is 9.68. The van der Waals surface area contributed by atoms with E-state index in [4.69, 9.17) is 16.0 Å². The van der Waals surface area contributed by atoms with Gasteiger partial charge in [0.15, 0.2) is 5.13 Å². The smallest absolute Gasteiger partial charge is 0.284 e. The van der Waals surface area contributed by atoms with Crippen molar-refractivity contribution in [3.8, 4) is 0 Å². The first-order valence-electron chi connectivity index (χ1n) is 8.49. The molecule has 1 amide bonds. The number of amides is 1. The van der Waals surface area contributed by atoms with Crippen LogP contribution in [0.4, 0.5) is 5.13 Å². The lowest BCUT2D eigenvalue weighted by Gasteiger charge is -2.14. The number of nitrogens with zero attached hydrogens (tertiary/aromatic N) is 3. The highest BCUT2D eigenvalue weighted by atomic mass is 35.5. The lowest BCUT2D eigenvalue weighted by Crippen LogP contribution is -2.32. The molecule has 0 N–H and O–H groups in total. The SMILES string of the molecule is O=C1/C(=C/c2ccco2)N=C(c2ccccc2)N1c1nc2cc(Cl)ccc2s1. The van der Waals surface area contributed by atoms with Crippen molar-refractivity contribution >= 4 is 56.1 Å². The Kier molecular flexibility index (Phi) is 4.07. The van der Waals surface area contributed by atoms with Gasteiger partial charge >= 0.3 is 0 Å². The van der Waals surface area contributed by atoms with Crippen molar-refractivity contribution in [2.45, 2.75) is 0 Å². The van der Waals surface area contributed by atoms with Gasteiger partial charge in [-0.05, 0) is 30.3 Å². The van der Waals surface area contributed by atoms with Crippen molar-refractivity contribution in [1.82, 2.24) is 4.98 Å². The summed E-state index contributed by atoms with van der Waals surface area (Å²) in [6.07, 6.45) is 3.19. The number of aliphatic imine (C=N–C) groups is 1. The Hall–Kier alpha value is -3.22. The predicted molar refractivity (Wildman–Crippen MR) is 112 cm³/mol. The van der Waals surface area contributed by atoms with E-state index >= 15 is 0 Å². The molecule has 7 heteroatoms. The molecule has 2 aromatic heterocycles. The van der Waals surface area contributed by atoms with Crippen molar-refractivity contribution in [2.75, 3.05) is 4.90 Å². The fraction of sp³-hybridized carbons (Fsp3) is 0. The maximum atomic E-state index is 13.2. The van der Waals surface area contributed by atoms with E-state index in [1.54, 1.807) is 35.4 Å². The number of carbonyl (C=O) groups is 1. The monoisotopic (exact) mass is 405 g/mol. The molecule has 1 aliphatic rings. The Balaban J connectivity index is 1.65. The van der Waals surface area contributed by atoms with Gasteiger partial charge in [-0.2, -0.15) is 0 Å². The van der Waals surface area contributed by atoms with Crippen molar-refractivity contribution in [3.05, 3.63) is 89.0 Å². The van der Waals surface area contributed by atoms with E-state index in [1.807, 2.05) is 42.5 Å². The summed E-state index contributed by atoms with van der Waals surface area (Å²) in [5.41, 5.74) is 1.87. The van der Waals surface area contributed by atoms with E-state index in [2.05, 4.69) is 9.98 Å². The normalized spacial score (nSPS) is 15.6. The van der Waals surface area contributed by atoms with Crippen LogP contribution in [-0.2, 0) is 4.79 Å². The average Bonchev–Trinajstić information content (AvgIpc) is 3.42. The fourth-order valence-electron chi connectivity index (χ4n) is 2.97. The van der Waals surface area contributed by atoms with Gasteiger partial charge in [-0.1, -0.05) is 53.3 Å². The zero-order chi connectivity index (χ0) is 19.1. The quantitative estimate of drug-likeness (QED) is 0.430. The molecule has 5 nitrogen and oxygen atoms in total. The van der Waals surface area contributed by atoms with Gasteiger partial charge in [0.25, 0.3) is 5.91 Å². The number of furan rings is 1. The number of carbonyl (C=O) groups excluding carboxylic acids is 1. The molecule has 0 unspecified atom stereocenters. The van der Waals surface area contributed by atoms with Crippen LogP contribution in [0.1, 0.15) is 11.3 Å². The summed E-state index contributed by atoms with van der Waals surface area (Å²) in [7, 11) is 0. The molecule has 0 saturated heterocycles. The second kappa shape index (κ2) is 6.74. The summed E-state index contributed by atoms with van der Waals surface area (Å²) in [5, 5.41) is 1.15. The van der Waals surface area contributed by atoms with E-state index in [9.17, 15) is 4.79 Å². The van der Waals surface area contributed by atoms with E-state index in [0.29, 0.717) is 27.4 Å². The van der Waals surface area contributed by atoms with Crippen molar-refractivity contribution < 1.29 is 9.21 Å². The number of aromatic nitrogens is 1. The van der Waals surface area contributed by atoms with Crippen LogP contribution in [-0.4, -0.2) is 16.7 Å². The summed E-state index contributed by atoms with van der Waals surface area (Å²) >= 11 is 7.50. The molecule has 0 aliphatic carbocycles. The Bertz CT molecular complexity index is 1240. The molecule has 0 spiro atoms. The van der Waals surface area contributed by atoms with Crippen molar-refractivity contribution in [1.29, 1.82) is 0 Å². The number of halogens is 1. The molecule has 0 radical (unpaired) electrons. The minimum Gasteiger partial charge on any atom is -0.465 e. The number of hydrogen-bond donors (Lipinski definition) is 0. The van der Waals surface area contributed by atoms with Gasteiger partial charge in [-0.25, -0.2) is 14.9 Å². The van der Waals surface area contributed by atoms with Crippen LogP contribution < -0.4 is 4.90 Å². The van der Waals surface area contributed by atoms with Gasteiger partial charge in [0.05, 0.1) is 16.5 Å². The van der Waals surface area contributed by atoms with E-state index in [0.717, 1.165) is 15.8 Å². The van der Waals surface area contributed by atoms with Crippen LogP contribution in [0.15, 0.2) is 82.0 Å². The highest BCUT2D eigenvalue weighted by Crippen LogP contribution is 2.35. The number of thiazole rings is 1. The highest BCUT2D eigenvalue weighted by molar-refractivity contribution is 7.22. The molecule has 5 rings (SSSR count). The van der Waals surface area contributed by atoms with Crippen molar-refractivity contribution in [2.24, 2.45) is 4.99 Å². The molecular weight excluding hydrogens is 394 g/mol. The second-order valence-electron chi connectivity index (χ2n) is 6.10. The second-order valence-corrected chi connectivity index (χ2v) is 7.54. The highest BCUT2D eigenvalue weighted by Gasteiger charge is 2.34. The summed E-state index contributed by atoms with van der Waals surface area (Å²) in [6, 6.07) is 18.6. The molecule has 2 aromatic carbocycles. The largest absolute Gasteiger partial charge is 0.465 e. The number of benzene rings is 2. The maximum Gasteiger partial charge on any atom is 0.284 e. The summed E-state index contributed by atoms with van der Waals surface area (Å²) in [4.78, 5) is 24.0. The number of amidine groups is 1. The van der Waals surface area contributed by atoms with E-state index < -0.39 is 0 Å². The zero-order valence-electron chi connectivity index (χ0n) is 14.4. The Morgan fingerprint density at radius 2 is 1.93 bits per heavy atom. The minimum absolute atomic E-state index is 0.250. The Morgan fingerprint density at radius 1 is 1.07 bits per heavy atom. The molecule has 0 bridgehead atoms. The van der Waals surface area contributed by atoms with E-state index in [-0.39, 0.29) is 5.91 Å². The standard InChI is InChI=1S/C21H12ClN3O2S/c22-14-8-9-18-16(11-14)24-21(28-18)25-19(13-5-2-1-3-6-13)23-17(20(25)26)12-15-7-4-10-27-15/h1-12H/b17-12-. The summed E-state index contributed by atoms with van der Waals surface area (Å²) < 4.78 is 6.29. The van der Waals surface area contributed by atoms with E-state index in [1.165, 1.54) is 11.3 Å². The lowest BCUT2D eigenvalue weighted by atomic mass is 10.2. The van der Waals surface area contributed by atoms with Gasteiger partial charge < -0.3 is 4.42 Å². The third-order valence-electron chi connectivity index (χ3n) is 4.24. The first-order chi connectivity index (χ1) is 13.7. The molecule has 4 aromatic rings. The molecule has 136 valence electrons. The molecular formula is C21H12ClN3O2S. The van der Waals surface area contributed by atoms with Crippen LogP contribution in [0.3, 0.4) is 0 Å². The van der Waals surface area contributed by atoms with Crippen LogP contribution in [0, 0.1) is 0 Å². The minimum atomic E-state index is -0.250. The molecule has 28 heavy (non-hydrogen) atoms. The Labute approximate surface area is 169 Å². The first kappa shape index (κ1) is 16.9. The molecule has 0 fully saturated rings. The van der Waals surface area contributed by atoms with Crippen LogP contribution >= 0.6 is 22.9 Å². The van der Waals surface area contributed by atoms with Crippen molar-refractivity contribution in [3.63, 3.8) is 0 Å². The molecule has 1 aliphatic heterocycles. The average molecular weight is 406 g/mol. The third kappa shape index (κ3) is 2.93. The molecule has 3 heterocycles. The lowest BCUT2D eigenvalue weighted by molar-refractivity contribution is -0.113. The topological polar surface area (TPSA) is 58.7 Å². The van der Waals surface area contributed by atoms with Crippen LogP contribution in [0.25, 0.3) is 16.3 Å². The molecule has 0 saturated carbocycles. The van der Waals surface area contributed by atoms with Crippen LogP contribution in [0.2, 0.25) is 5.02 Å². The van der Waals surface area contributed by atoms with Crippen LogP contribution in [0.5, 0.6) is 0 Å². The van der Waals surface area contributed by atoms with Gasteiger partial charge in [0.1, 0.15) is 17.3 Å². The number of hydrogen-bond acceptors (Lipinski definition) is 5. The summed E-state index contributed by atoms with van der Waals surface area (Å²) in [6.45, 7) is 0. The number of rotatable bonds is 3. The Morgan fingerprint density at radius 3 is 2.71 bits per heavy atom. The van der Waals surface area contributed by atoms with Gasteiger partial charge in [0.2, 0.25) is 0 Å². The number of fused-ring (bicyclic) bond motifs is 1. The van der Waals surface area contributed by atoms with Gasteiger partial charge in [-0.15, -0.1) is 0 Å². The van der Waals surface area contributed by atoms with Gasteiger partial charge in [-0.3, -0.25) is 4.79 Å². The maximum absolute atomic E-state index is 13.2. The van der Waals surface area contributed by atoms with Gasteiger partial charge in [0, 0.05) is 16.7 Å². The zero-order valence-corrected chi connectivity index (χ0v) is 15.9. The fourth-order valence-corrected chi connectivity index (χ4v) is 4.08. The third-order valence-corrected chi connectivity index (χ3v) is 5.50. The summed E-state index contributed by atoms with van der Waals surface area (Å²) in [5.74, 6) is 0.853.